The average molecular weight is 584 g/mol. The van der Waals surface area contributed by atoms with Gasteiger partial charge in [-0.25, -0.2) is 19.6 Å². The lowest BCUT2D eigenvalue weighted by atomic mass is 9.99. The number of nitrogens with one attached hydrogen (secondary N) is 1. The number of para-hydroxylation sites is 2. The lowest BCUT2D eigenvalue weighted by Gasteiger charge is -2.34. The number of aromatic nitrogens is 5. The standard InChI is InChI=1S/C20H16N6O.2C2HF3O2/c27-20(17-11-22-13-5-1-2-6-14(13)25-17)26-10-8-15-18(24-12-23-15)19(26)16-7-3-4-9-21-16;2*3-2(4,5)1(6)7/h1-7,9,11-12,19H,8,10H2,(H,23,24);2*(H,6,7). The van der Waals surface area contributed by atoms with Crippen molar-refractivity contribution in [2.75, 3.05) is 6.54 Å². The summed E-state index contributed by atoms with van der Waals surface area (Å²) in [5, 5.41) is 14.2. The number of alkyl halides is 6. The fraction of sp³-hybridized carbons (Fsp3) is 0.208. The van der Waals surface area contributed by atoms with E-state index in [1.54, 1.807) is 23.6 Å². The van der Waals surface area contributed by atoms with E-state index in [9.17, 15) is 31.1 Å². The molecular weight excluding hydrogens is 566 g/mol. The smallest absolute Gasteiger partial charge is 0.475 e. The molecule has 41 heavy (non-hydrogen) atoms. The highest BCUT2D eigenvalue weighted by atomic mass is 19.4. The maximum atomic E-state index is 13.3. The number of pyridine rings is 1. The summed E-state index contributed by atoms with van der Waals surface area (Å²) in [6.45, 7) is 0.559. The number of carboxylic acids is 2. The van der Waals surface area contributed by atoms with Crippen LogP contribution < -0.4 is 0 Å². The molecule has 11 nitrogen and oxygen atoms in total. The van der Waals surface area contributed by atoms with Crippen LogP contribution in [0.5, 0.6) is 0 Å². The van der Waals surface area contributed by atoms with Crippen molar-refractivity contribution in [3.8, 4) is 0 Å². The van der Waals surface area contributed by atoms with Crippen molar-refractivity contribution in [2.45, 2.75) is 24.8 Å². The molecule has 17 heteroatoms. The number of benzene rings is 1. The molecule has 216 valence electrons. The second-order valence-electron chi connectivity index (χ2n) is 8.02. The van der Waals surface area contributed by atoms with Gasteiger partial charge in [-0.3, -0.25) is 14.8 Å². The fourth-order valence-corrected chi connectivity index (χ4v) is 3.54. The van der Waals surface area contributed by atoms with Gasteiger partial charge in [0.2, 0.25) is 0 Å². The van der Waals surface area contributed by atoms with Crippen LogP contribution in [0.3, 0.4) is 0 Å². The maximum absolute atomic E-state index is 13.3. The molecule has 0 radical (unpaired) electrons. The van der Waals surface area contributed by atoms with E-state index >= 15 is 0 Å². The van der Waals surface area contributed by atoms with Crippen LogP contribution in [-0.4, -0.2) is 76.8 Å². The van der Waals surface area contributed by atoms with E-state index in [1.165, 1.54) is 0 Å². The Balaban J connectivity index is 0.000000276. The van der Waals surface area contributed by atoms with Crippen LogP contribution in [-0.2, 0) is 16.0 Å². The van der Waals surface area contributed by atoms with E-state index in [1.807, 2.05) is 42.5 Å². The molecule has 0 aliphatic carbocycles. The van der Waals surface area contributed by atoms with Gasteiger partial charge in [0.1, 0.15) is 11.7 Å². The van der Waals surface area contributed by atoms with Crippen LogP contribution >= 0.6 is 0 Å². The second-order valence-corrected chi connectivity index (χ2v) is 8.02. The Kier molecular flexibility index (Phi) is 9.21. The number of aliphatic carboxylic acids is 2. The fourth-order valence-electron chi connectivity index (χ4n) is 3.54. The number of imidazole rings is 1. The van der Waals surface area contributed by atoms with Crippen molar-refractivity contribution in [3.63, 3.8) is 0 Å². The summed E-state index contributed by atoms with van der Waals surface area (Å²) in [6.07, 6.45) is -4.51. The molecule has 0 bridgehead atoms. The lowest BCUT2D eigenvalue weighted by molar-refractivity contribution is -0.193. The zero-order valence-electron chi connectivity index (χ0n) is 20.4. The molecule has 0 spiro atoms. The average Bonchev–Trinajstić information content (AvgIpc) is 3.41. The van der Waals surface area contributed by atoms with Crippen molar-refractivity contribution in [1.82, 2.24) is 29.8 Å². The number of amides is 1. The summed E-state index contributed by atoms with van der Waals surface area (Å²) in [5.41, 5.74) is 4.46. The Hall–Kier alpha value is -5.09. The predicted octanol–water partition coefficient (Wildman–Crippen LogP) is 3.80. The van der Waals surface area contributed by atoms with Crippen LogP contribution in [0.15, 0.2) is 61.2 Å². The van der Waals surface area contributed by atoms with E-state index in [0.29, 0.717) is 24.2 Å². The highest BCUT2D eigenvalue weighted by molar-refractivity contribution is 5.94. The van der Waals surface area contributed by atoms with Crippen molar-refractivity contribution in [1.29, 1.82) is 0 Å². The normalized spacial score (nSPS) is 14.6. The number of carbonyl (C=O) groups excluding carboxylic acids is 1. The summed E-state index contributed by atoms with van der Waals surface area (Å²) < 4.78 is 63.5. The third-order valence-corrected chi connectivity index (χ3v) is 5.31. The third-order valence-electron chi connectivity index (χ3n) is 5.31. The molecule has 3 aromatic heterocycles. The molecule has 3 N–H and O–H groups in total. The van der Waals surface area contributed by atoms with Gasteiger partial charge in [-0.15, -0.1) is 0 Å². The van der Waals surface area contributed by atoms with Crippen LogP contribution in [0.4, 0.5) is 26.3 Å². The van der Waals surface area contributed by atoms with Crippen LogP contribution in [0.25, 0.3) is 11.0 Å². The second kappa shape index (κ2) is 12.4. The Morgan fingerprint density at radius 3 is 2.00 bits per heavy atom. The number of halogens is 6. The Morgan fingerprint density at radius 2 is 1.44 bits per heavy atom. The molecular formula is C24H18F6N6O5. The van der Waals surface area contributed by atoms with Crippen LogP contribution in [0.1, 0.15) is 33.6 Å². The minimum atomic E-state index is -5.08. The van der Waals surface area contributed by atoms with Gasteiger partial charge >= 0.3 is 24.3 Å². The van der Waals surface area contributed by atoms with Gasteiger partial charge < -0.3 is 20.1 Å². The lowest BCUT2D eigenvalue weighted by Crippen LogP contribution is -2.41. The van der Waals surface area contributed by atoms with Crippen molar-refractivity contribution < 1.29 is 50.9 Å². The molecule has 0 saturated heterocycles. The molecule has 0 fully saturated rings. The molecule has 4 aromatic rings. The van der Waals surface area contributed by atoms with Gasteiger partial charge in [-0.05, 0) is 24.3 Å². The molecule has 1 aromatic carbocycles. The van der Waals surface area contributed by atoms with Crippen LogP contribution in [0.2, 0.25) is 0 Å². The van der Waals surface area contributed by atoms with E-state index < -0.39 is 24.3 Å². The minimum absolute atomic E-state index is 0.169. The number of carbonyl (C=O) groups is 3. The molecule has 5 rings (SSSR count). The van der Waals surface area contributed by atoms with Gasteiger partial charge in [0, 0.05) is 24.9 Å². The molecule has 1 amide bonds. The zero-order valence-corrected chi connectivity index (χ0v) is 20.4. The van der Waals surface area contributed by atoms with Gasteiger partial charge in [0.05, 0.1) is 34.9 Å². The molecule has 1 atom stereocenters. The van der Waals surface area contributed by atoms with E-state index in [2.05, 4.69) is 24.9 Å². The highest BCUT2D eigenvalue weighted by Crippen LogP contribution is 2.33. The van der Waals surface area contributed by atoms with Gasteiger partial charge in [-0.2, -0.15) is 26.3 Å². The minimum Gasteiger partial charge on any atom is -0.475 e. The van der Waals surface area contributed by atoms with Gasteiger partial charge in [-0.1, -0.05) is 18.2 Å². The first-order chi connectivity index (χ1) is 19.2. The number of fused-ring (bicyclic) bond motifs is 2. The van der Waals surface area contributed by atoms with E-state index in [4.69, 9.17) is 19.8 Å². The topological polar surface area (TPSA) is 162 Å². The highest BCUT2D eigenvalue weighted by Gasteiger charge is 2.39. The molecule has 0 saturated carbocycles. The maximum Gasteiger partial charge on any atom is 0.490 e. The molecule has 1 aliphatic heterocycles. The van der Waals surface area contributed by atoms with Gasteiger partial charge in [0.25, 0.3) is 5.91 Å². The van der Waals surface area contributed by atoms with Crippen molar-refractivity contribution in [3.05, 3.63) is 84.0 Å². The Labute approximate surface area is 225 Å². The SMILES string of the molecule is O=C(O)C(F)(F)F.O=C(O)C(F)(F)F.O=C(c1cnc2ccccc2n1)N1CCc2[nH]cnc2C1c1ccccn1. The Bertz CT molecular complexity index is 1500. The molecule has 1 aliphatic rings. The number of hydrogen-bond acceptors (Lipinski definition) is 7. The number of carboxylic acid groups (broad SMARTS) is 2. The summed E-state index contributed by atoms with van der Waals surface area (Å²) in [7, 11) is 0. The zero-order chi connectivity index (χ0) is 30.4. The van der Waals surface area contributed by atoms with Crippen LogP contribution in [0, 0.1) is 0 Å². The quantitative estimate of drug-likeness (QED) is 0.298. The molecule has 1 unspecified atom stereocenters. The number of aromatic amines is 1. The largest absolute Gasteiger partial charge is 0.490 e. The van der Waals surface area contributed by atoms with Crippen molar-refractivity contribution in [2.24, 2.45) is 0 Å². The summed E-state index contributed by atoms with van der Waals surface area (Å²) in [5.74, 6) is -5.68. The third kappa shape index (κ3) is 7.74. The summed E-state index contributed by atoms with van der Waals surface area (Å²) >= 11 is 0. The van der Waals surface area contributed by atoms with Crippen molar-refractivity contribution >= 4 is 28.9 Å². The first kappa shape index (κ1) is 30.5. The number of hydrogen-bond donors (Lipinski definition) is 3. The van der Waals surface area contributed by atoms with E-state index in [-0.39, 0.29) is 11.9 Å². The summed E-state index contributed by atoms with van der Waals surface area (Å²) in [6, 6.07) is 12.9. The number of rotatable bonds is 2. The van der Waals surface area contributed by atoms with Gasteiger partial charge in [0.15, 0.2) is 0 Å². The molecule has 4 heterocycles. The first-order valence-electron chi connectivity index (χ1n) is 11.3. The number of nitrogens with zero attached hydrogens (tertiary/aromatic N) is 5. The first-order valence-corrected chi connectivity index (χ1v) is 11.3. The van der Waals surface area contributed by atoms with E-state index in [0.717, 1.165) is 22.6 Å². The predicted molar refractivity (Wildman–Crippen MR) is 126 cm³/mol. The monoisotopic (exact) mass is 584 g/mol. The number of H-pyrrole nitrogens is 1. The Morgan fingerprint density at radius 1 is 0.854 bits per heavy atom. The summed E-state index contributed by atoms with van der Waals surface area (Å²) in [4.78, 5) is 53.9.